The molecule has 0 unspecified atom stereocenters. The molecule has 168 valence electrons. The van der Waals surface area contributed by atoms with Crippen LogP contribution in [0.5, 0.6) is 11.5 Å². The summed E-state index contributed by atoms with van der Waals surface area (Å²) in [4.78, 5) is 22.6. The SMILES string of the molecule is COc1cc(N2CCc3nc(-c4ccc(Cl)cc4)sc3C2=O)ccc1OCCCN(C)C. The Kier molecular flexibility index (Phi) is 6.98. The van der Waals surface area contributed by atoms with Crippen LogP contribution in [-0.4, -0.2) is 56.7 Å². The molecule has 8 heteroatoms. The second-order valence-corrected chi connectivity index (χ2v) is 9.28. The van der Waals surface area contributed by atoms with Crippen LogP contribution in [0.4, 0.5) is 5.69 Å². The molecular weight excluding hydrogens is 446 g/mol. The van der Waals surface area contributed by atoms with Crippen LogP contribution in [0.2, 0.25) is 5.02 Å². The molecule has 2 heterocycles. The van der Waals surface area contributed by atoms with E-state index in [-0.39, 0.29) is 5.91 Å². The van der Waals surface area contributed by atoms with Crippen molar-refractivity contribution >= 4 is 34.5 Å². The predicted octanol–water partition coefficient (Wildman–Crippen LogP) is 5.01. The molecule has 0 N–H and O–H groups in total. The molecule has 2 aromatic carbocycles. The smallest absolute Gasteiger partial charge is 0.270 e. The molecular formula is C24H26ClN3O3S. The van der Waals surface area contributed by atoms with Crippen molar-refractivity contribution in [2.45, 2.75) is 12.8 Å². The topological polar surface area (TPSA) is 54.9 Å². The maximum Gasteiger partial charge on any atom is 0.270 e. The van der Waals surface area contributed by atoms with Crippen molar-refractivity contribution in [3.8, 4) is 22.1 Å². The van der Waals surface area contributed by atoms with Crippen LogP contribution in [0.1, 0.15) is 21.8 Å². The molecule has 1 aliphatic rings. The van der Waals surface area contributed by atoms with Crippen LogP contribution in [0.3, 0.4) is 0 Å². The van der Waals surface area contributed by atoms with E-state index >= 15 is 0 Å². The number of carbonyl (C=O) groups is 1. The Morgan fingerprint density at radius 3 is 2.66 bits per heavy atom. The van der Waals surface area contributed by atoms with Gasteiger partial charge in [-0.15, -0.1) is 11.3 Å². The number of halogens is 1. The lowest BCUT2D eigenvalue weighted by Gasteiger charge is -2.26. The molecule has 3 aromatic rings. The summed E-state index contributed by atoms with van der Waals surface area (Å²) in [5.41, 5.74) is 2.61. The number of nitrogens with zero attached hydrogens (tertiary/aromatic N) is 3. The standard InChI is InChI=1S/C24H26ClN3O3S/c1-27(2)12-4-14-31-20-10-9-18(15-21(20)30-3)28-13-11-19-22(24(28)29)32-23(26-19)16-5-7-17(25)8-6-16/h5-10,15H,4,11-14H2,1-3H3. The molecule has 1 amide bonds. The van der Waals surface area contributed by atoms with Gasteiger partial charge in [-0.25, -0.2) is 4.98 Å². The maximum atomic E-state index is 13.3. The molecule has 1 aliphatic heterocycles. The highest BCUT2D eigenvalue weighted by Crippen LogP contribution is 2.36. The highest BCUT2D eigenvalue weighted by Gasteiger charge is 2.30. The number of methoxy groups -OCH3 is 1. The summed E-state index contributed by atoms with van der Waals surface area (Å²) in [5.74, 6) is 1.27. The summed E-state index contributed by atoms with van der Waals surface area (Å²) < 4.78 is 11.4. The molecule has 6 nitrogen and oxygen atoms in total. The lowest BCUT2D eigenvalue weighted by atomic mass is 10.1. The number of ether oxygens (including phenoxy) is 2. The van der Waals surface area contributed by atoms with Gasteiger partial charge >= 0.3 is 0 Å². The lowest BCUT2D eigenvalue weighted by Crippen LogP contribution is -2.36. The number of fused-ring (bicyclic) bond motifs is 1. The minimum absolute atomic E-state index is 0.0364. The Hall–Kier alpha value is -2.61. The van der Waals surface area contributed by atoms with Crippen molar-refractivity contribution in [1.29, 1.82) is 0 Å². The zero-order chi connectivity index (χ0) is 22.7. The number of aromatic nitrogens is 1. The molecule has 32 heavy (non-hydrogen) atoms. The van der Waals surface area contributed by atoms with Gasteiger partial charge in [-0.1, -0.05) is 23.7 Å². The molecule has 0 aliphatic carbocycles. The highest BCUT2D eigenvalue weighted by atomic mass is 35.5. The second-order valence-electron chi connectivity index (χ2n) is 7.85. The van der Waals surface area contributed by atoms with Crippen molar-refractivity contribution in [1.82, 2.24) is 9.88 Å². The molecule has 0 saturated heterocycles. The lowest BCUT2D eigenvalue weighted by molar-refractivity contribution is 0.0984. The van der Waals surface area contributed by atoms with Gasteiger partial charge in [0.15, 0.2) is 11.5 Å². The highest BCUT2D eigenvalue weighted by molar-refractivity contribution is 7.17. The summed E-state index contributed by atoms with van der Waals surface area (Å²) in [6.07, 6.45) is 1.63. The van der Waals surface area contributed by atoms with Crippen LogP contribution >= 0.6 is 22.9 Å². The number of amides is 1. The van der Waals surface area contributed by atoms with Crippen molar-refractivity contribution in [2.75, 3.05) is 45.8 Å². The Morgan fingerprint density at radius 2 is 1.94 bits per heavy atom. The van der Waals surface area contributed by atoms with Crippen molar-refractivity contribution in [3.63, 3.8) is 0 Å². The van der Waals surface area contributed by atoms with E-state index in [4.69, 9.17) is 26.1 Å². The Balaban J connectivity index is 1.51. The zero-order valence-corrected chi connectivity index (χ0v) is 20.0. The Labute approximate surface area is 197 Å². The average Bonchev–Trinajstić information content (AvgIpc) is 3.23. The molecule has 0 saturated carbocycles. The van der Waals surface area contributed by atoms with E-state index in [1.54, 1.807) is 12.0 Å². The molecule has 1 aromatic heterocycles. The summed E-state index contributed by atoms with van der Waals surface area (Å²) in [5, 5.41) is 1.51. The average molecular weight is 472 g/mol. The van der Waals surface area contributed by atoms with Gasteiger partial charge in [-0.05, 0) is 44.8 Å². The molecule has 0 radical (unpaired) electrons. The molecule has 0 atom stereocenters. The number of anilines is 1. The van der Waals surface area contributed by atoms with Gasteiger partial charge in [-0.3, -0.25) is 4.79 Å². The van der Waals surface area contributed by atoms with E-state index in [0.29, 0.717) is 41.0 Å². The number of benzene rings is 2. The van der Waals surface area contributed by atoms with Gasteiger partial charge < -0.3 is 19.3 Å². The van der Waals surface area contributed by atoms with Crippen LogP contribution in [-0.2, 0) is 6.42 Å². The largest absolute Gasteiger partial charge is 0.493 e. The van der Waals surface area contributed by atoms with E-state index in [1.807, 2.05) is 56.6 Å². The zero-order valence-electron chi connectivity index (χ0n) is 18.4. The van der Waals surface area contributed by atoms with Crippen molar-refractivity contribution in [2.24, 2.45) is 0 Å². The third kappa shape index (κ3) is 4.90. The maximum absolute atomic E-state index is 13.3. The molecule has 0 bridgehead atoms. The molecule has 4 rings (SSSR count). The summed E-state index contributed by atoms with van der Waals surface area (Å²) in [7, 11) is 5.69. The summed E-state index contributed by atoms with van der Waals surface area (Å²) in [6.45, 7) is 2.13. The van der Waals surface area contributed by atoms with E-state index in [9.17, 15) is 4.79 Å². The van der Waals surface area contributed by atoms with E-state index < -0.39 is 0 Å². The van der Waals surface area contributed by atoms with Gasteiger partial charge in [-0.2, -0.15) is 0 Å². The summed E-state index contributed by atoms with van der Waals surface area (Å²) in [6, 6.07) is 13.2. The van der Waals surface area contributed by atoms with Gasteiger partial charge in [0.05, 0.1) is 19.4 Å². The first-order valence-corrected chi connectivity index (χ1v) is 11.7. The molecule has 0 fully saturated rings. The third-order valence-electron chi connectivity index (χ3n) is 5.27. The van der Waals surface area contributed by atoms with Crippen molar-refractivity contribution in [3.05, 3.63) is 58.1 Å². The third-order valence-corrected chi connectivity index (χ3v) is 6.65. The quantitative estimate of drug-likeness (QED) is 0.432. The predicted molar refractivity (Wildman–Crippen MR) is 130 cm³/mol. The van der Waals surface area contributed by atoms with E-state index in [0.717, 1.165) is 34.9 Å². The minimum atomic E-state index is -0.0364. The number of hydrogen-bond acceptors (Lipinski definition) is 6. The van der Waals surface area contributed by atoms with E-state index in [2.05, 4.69) is 4.90 Å². The second kappa shape index (κ2) is 9.90. The van der Waals surface area contributed by atoms with Crippen LogP contribution in [0.25, 0.3) is 10.6 Å². The first-order valence-electron chi connectivity index (χ1n) is 10.5. The monoisotopic (exact) mass is 471 g/mol. The van der Waals surface area contributed by atoms with Crippen LogP contribution < -0.4 is 14.4 Å². The molecule has 0 spiro atoms. The first kappa shape index (κ1) is 22.6. The normalized spacial score (nSPS) is 13.4. The number of carbonyl (C=O) groups excluding carboxylic acids is 1. The van der Waals surface area contributed by atoms with Crippen molar-refractivity contribution < 1.29 is 14.3 Å². The van der Waals surface area contributed by atoms with Crippen LogP contribution in [0, 0.1) is 0 Å². The fraction of sp³-hybridized carbons (Fsp3) is 0.333. The number of rotatable bonds is 8. The minimum Gasteiger partial charge on any atom is -0.493 e. The van der Waals surface area contributed by atoms with Gasteiger partial charge in [0, 0.05) is 41.9 Å². The van der Waals surface area contributed by atoms with E-state index in [1.165, 1.54) is 11.3 Å². The fourth-order valence-corrected chi connectivity index (χ4v) is 4.79. The Morgan fingerprint density at radius 1 is 1.16 bits per heavy atom. The summed E-state index contributed by atoms with van der Waals surface area (Å²) >= 11 is 7.42. The number of thiazole rings is 1. The fourth-order valence-electron chi connectivity index (χ4n) is 3.60. The van der Waals surface area contributed by atoms with Crippen LogP contribution in [0.15, 0.2) is 42.5 Å². The van der Waals surface area contributed by atoms with Gasteiger partial charge in [0.25, 0.3) is 5.91 Å². The first-order chi connectivity index (χ1) is 15.5. The van der Waals surface area contributed by atoms with Gasteiger partial charge in [0.2, 0.25) is 0 Å². The number of hydrogen-bond donors (Lipinski definition) is 0. The van der Waals surface area contributed by atoms with Gasteiger partial charge in [0.1, 0.15) is 9.88 Å². The Bertz CT molecular complexity index is 1100.